The van der Waals surface area contributed by atoms with Crippen molar-refractivity contribution < 1.29 is 19.1 Å². The largest absolute Gasteiger partial charge is 0.462 e. The lowest BCUT2D eigenvalue weighted by atomic mass is 10.1. The van der Waals surface area contributed by atoms with Crippen molar-refractivity contribution in [1.29, 1.82) is 0 Å². The molecule has 6 nitrogen and oxygen atoms in total. The number of amides is 2. The maximum absolute atomic E-state index is 12.8. The standard InChI is InChI=1S/C20H24N2O4S/c1-2-26-19(23)18-10-14-9-15(3-6-17(14)27-18)21-20(24)22(16-4-5-16)11-13-7-8-25-12-13/h3,6,9-10,13,16H,2,4-5,7-8,11-12H2,1H3,(H,21,24)/t13-/m0/s1. The first kappa shape index (κ1) is 18.3. The topological polar surface area (TPSA) is 67.9 Å². The van der Waals surface area contributed by atoms with Crippen LogP contribution < -0.4 is 5.32 Å². The Kier molecular flexibility index (Phi) is 5.31. The second-order valence-electron chi connectivity index (χ2n) is 7.13. The maximum Gasteiger partial charge on any atom is 0.348 e. The minimum atomic E-state index is -0.303. The summed E-state index contributed by atoms with van der Waals surface area (Å²) in [6.45, 7) is 4.44. The molecular weight excluding hydrogens is 364 g/mol. The summed E-state index contributed by atoms with van der Waals surface area (Å²) in [5.41, 5.74) is 0.744. The third-order valence-electron chi connectivity index (χ3n) is 4.97. The van der Waals surface area contributed by atoms with Crippen molar-refractivity contribution >= 4 is 39.1 Å². The van der Waals surface area contributed by atoms with Gasteiger partial charge in [-0.25, -0.2) is 9.59 Å². The molecule has 2 fully saturated rings. The Bertz CT molecular complexity index is 840. The van der Waals surface area contributed by atoms with Crippen molar-refractivity contribution in [2.45, 2.75) is 32.2 Å². The fourth-order valence-electron chi connectivity index (χ4n) is 3.41. The summed E-state index contributed by atoms with van der Waals surface area (Å²) in [6.07, 6.45) is 3.18. The summed E-state index contributed by atoms with van der Waals surface area (Å²) in [5, 5.41) is 3.96. The maximum atomic E-state index is 12.8. The molecule has 2 aliphatic rings. The molecule has 1 aromatic carbocycles. The minimum absolute atomic E-state index is 0.0513. The zero-order chi connectivity index (χ0) is 18.8. The van der Waals surface area contributed by atoms with E-state index in [4.69, 9.17) is 9.47 Å². The lowest BCUT2D eigenvalue weighted by Gasteiger charge is -2.25. The molecule has 1 saturated carbocycles. The molecule has 1 aliphatic carbocycles. The van der Waals surface area contributed by atoms with Gasteiger partial charge in [-0.15, -0.1) is 11.3 Å². The van der Waals surface area contributed by atoms with Crippen LogP contribution in [0.15, 0.2) is 24.3 Å². The molecule has 0 bridgehead atoms. The highest BCUT2D eigenvalue weighted by Crippen LogP contribution is 2.31. The zero-order valence-electron chi connectivity index (χ0n) is 15.4. The number of thiophene rings is 1. The molecule has 2 amide bonds. The van der Waals surface area contributed by atoms with Gasteiger partial charge < -0.3 is 19.7 Å². The van der Waals surface area contributed by atoms with E-state index < -0.39 is 0 Å². The van der Waals surface area contributed by atoms with Gasteiger partial charge in [-0.1, -0.05) is 0 Å². The van der Waals surface area contributed by atoms with Crippen molar-refractivity contribution in [3.8, 4) is 0 Å². The first-order valence-electron chi connectivity index (χ1n) is 9.50. The SMILES string of the molecule is CCOC(=O)c1cc2cc(NC(=O)N(C[C@@H]3CCOC3)C3CC3)ccc2s1. The van der Waals surface area contributed by atoms with Gasteiger partial charge in [-0.05, 0) is 55.8 Å². The first-order chi connectivity index (χ1) is 13.1. The number of ether oxygens (including phenoxy) is 2. The van der Waals surface area contributed by atoms with Crippen LogP contribution in [-0.2, 0) is 9.47 Å². The molecule has 7 heteroatoms. The summed E-state index contributed by atoms with van der Waals surface area (Å²) in [5.74, 6) is 0.130. The Labute approximate surface area is 162 Å². The number of carbonyl (C=O) groups excluding carboxylic acids is 2. The highest BCUT2D eigenvalue weighted by atomic mass is 32.1. The lowest BCUT2D eigenvalue weighted by molar-refractivity contribution is 0.0532. The summed E-state index contributed by atoms with van der Waals surface area (Å²) in [6, 6.07) is 7.86. The fourth-order valence-corrected chi connectivity index (χ4v) is 4.35. The van der Waals surface area contributed by atoms with Crippen LogP contribution in [0.4, 0.5) is 10.5 Å². The van der Waals surface area contributed by atoms with Gasteiger partial charge in [0.2, 0.25) is 0 Å². The number of esters is 1. The summed E-state index contributed by atoms with van der Waals surface area (Å²) in [4.78, 5) is 27.3. The van der Waals surface area contributed by atoms with Crippen LogP contribution >= 0.6 is 11.3 Å². The predicted molar refractivity (Wildman–Crippen MR) is 105 cm³/mol. The molecule has 0 unspecified atom stereocenters. The van der Waals surface area contributed by atoms with Crippen LogP contribution in [0.3, 0.4) is 0 Å². The van der Waals surface area contributed by atoms with E-state index >= 15 is 0 Å². The van der Waals surface area contributed by atoms with E-state index in [-0.39, 0.29) is 12.0 Å². The molecule has 27 heavy (non-hydrogen) atoms. The first-order valence-corrected chi connectivity index (χ1v) is 10.3. The van der Waals surface area contributed by atoms with E-state index in [0.717, 1.165) is 54.8 Å². The van der Waals surface area contributed by atoms with Crippen molar-refractivity contribution in [2.75, 3.05) is 31.7 Å². The summed E-state index contributed by atoms with van der Waals surface area (Å²) < 4.78 is 11.5. The summed E-state index contributed by atoms with van der Waals surface area (Å²) in [7, 11) is 0. The number of fused-ring (bicyclic) bond motifs is 1. The van der Waals surface area contributed by atoms with Crippen LogP contribution in [0.2, 0.25) is 0 Å². The van der Waals surface area contributed by atoms with Crippen molar-refractivity contribution in [2.24, 2.45) is 5.92 Å². The molecule has 1 atom stereocenters. The molecule has 0 spiro atoms. The molecule has 1 N–H and O–H groups in total. The Morgan fingerprint density at radius 1 is 1.30 bits per heavy atom. The third-order valence-corrected chi connectivity index (χ3v) is 6.07. The van der Waals surface area contributed by atoms with Crippen LogP contribution in [0, 0.1) is 5.92 Å². The fraction of sp³-hybridized carbons (Fsp3) is 0.500. The number of hydrogen-bond acceptors (Lipinski definition) is 5. The van der Waals surface area contributed by atoms with E-state index in [1.54, 1.807) is 6.92 Å². The van der Waals surface area contributed by atoms with Gasteiger partial charge in [0.15, 0.2) is 0 Å². The zero-order valence-corrected chi connectivity index (χ0v) is 16.2. The molecule has 0 radical (unpaired) electrons. The van der Waals surface area contributed by atoms with E-state index in [0.29, 0.717) is 23.4 Å². The molecule has 1 saturated heterocycles. The molecule has 2 aromatic rings. The molecule has 4 rings (SSSR count). The van der Waals surface area contributed by atoms with Crippen molar-refractivity contribution in [1.82, 2.24) is 4.90 Å². The Balaban J connectivity index is 1.46. The average molecular weight is 388 g/mol. The number of hydrogen-bond donors (Lipinski definition) is 1. The Hall–Kier alpha value is -2.12. The lowest BCUT2D eigenvalue weighted by Crippen LogP contribution is -2.40. The van der Waals surface area contributed by atoms with Crippen LogP contribution in [-0.4, -0.2) is 49.3 Å². The highest BCUT2D eigenvalue weighted by molar-refractivity contribution is 7.20. The van der Waals surface area contributed by atoms with Gasteiger partial charge in [0.1, 0.15) is 4.88 Å². The second-order valence-corrected chi connectivity index (χ2v) is 8.21. The Morgan fingerprint density at radius 3 is 2.85 bits per heavy atom. The number of carbonyl (C=O) groups is 2. The van der Waals surface area contributed by atoms with E-state index in [1.807, 2.05) is 29.2 Å². The molecule has 1 aliphatic heterocycles. The van der Waals surface area contributed by atoms with Crippen LogP contribution in [0.1, 0.15) is 35.9 Å². The minimum Gasteiger partial charge on any atom is -0.462 e. The highest BCUT2D eigenvalue weighted by Gasteiger charge is 2.34. The number of anilines is 1. The van der Waals surface area contributed by atoms with Gasteiger partial charge in [0.25, 0.3) is 0 Å². The number of urea groups is 1. The predicted octanol–water partition coefficient (Wildman–Crippen LogP) is 4.11. The van der Waals surface area contributed by atoms with Gasteiger partial charge >= 0.3 is 12.0 Å². The Morgan fingerprint density at radius 2 is 2.15 bits per heavy atom. The van der Waals surface area contributed by atoms with Crippen LogP contribution in [0.5, 0.6) is 0 Å². The van der Waals surface area contributed by atoms with E-state index in [1.165, 1.54) is 11.3 Å². The van der Waals surface area contributed by atoms with Gasteiger partial charge in [-0.3, -0.25) is 0 Å². The van der Waals surface area contributed by atoms with Gasteiger partial charge in [0.05, 0.1) is 13.2 Å². The van der Waals surface area contributed by atoms with Crippen molar-refractivity contribution in [3.05, 3.63) is 29.1 Å². The third kappa shape index (κ3) is 4.25. The number of benzene rings is 1. The quantitative estimate of drug-likeness (QED) is 0.756. The molecule has 1 aromatic heterocycles. The van der Waals surface area contributed by atoms with E-state index in [9.17, 15) is 9.59 Å². The molecule has 144 valence electrons. The molecular formula is C20H24N2O4S. The monoisotopic (exact) mass is 388 g/mol. The van der Waals surface area contributed by atoms with Crippen LogP contribution in [0.25, 0.3) is 10.1 Å². The number of rotatable bonds is 6. The van der Waals surface area contributed by atoms with Gasteiger partial charge in [-0.2, -0.15) is 0 Å². The second kappa shape index (κ2) is 7.86. The molecule has 2 heterocycles. The summed E-state index contributed by atoms with van der Waals surface area (Å²) >= 11 is 1.40. The van der Waals surface area contributed by atoms with Crippen molar-refractivity contribution in [3.63, 3.8) is 0 Å². The average Bonchev–Trinajstić information content (AvgIpc) is 3.18. The number of nitrogens with one attached hydrogen (secondary N) is 1. The number of nitrogens with zero attached hydrogens (tertiary/aromatic N) is 1. The smallest absolute Gasteiger partial charge is 0.348 e. The van der Waals surface area contributed by atoms with E-state index in [2.05, 4.69) is 5.32 Å². The van der Waals surface area contributed by atoms with Gasteiger partial charge in [0, 0.05) is 35.5 Å². The normalized spacial score (nSPS) is 19.2.